The molecule has 0 unspecified atom stereocenters. The van der Waals surface area contributed by atoms with Gasteiger partial charge in [-0.3, -0.25) is 0 Å². The van der Waals surface area contributed by atoms with Crippen molar-refractivity contribution in [3.8, 4) is 11.1 Å². The summed E-state index contributed by atoms with van der Waals surface area (Å²) in [6.07, 6.45) is 6.50. The van der Waals surface area contributed by atoms with Gasteiger partial charge in [0.05, 0.1) is 32.5 Å². The normalized spacial score (nSPS) is 12.9. The molecule has 0 fully saturated rings. The van der Waals surface area contributed by atoms with Crippen molar-refractivity contribution in [1.82, 2.24) is 0 Å². The number of rotatable bonds is 5. The van der Waals surface area contributed by atoms with Crippen LogP contribution in [0.15, 0.2) is 84.2 Å². The van der Waals surface area contributed by atoms with Crippen LogP contribution < -0.4 is 4.90 Å². The van der Waals surface area contributed by atoms with Crippen LogP contribution in [0.1, 0.15) is 10.4 Å². The lowest BCUT2D eigenvalue weighted by molar-refractivity contribution is -0.139. The minimum absolute atomic E-state index is 0.0415. The third kappa shape index (κ3) is 4.56. The molecule has 3 rings (SSSR count). The van der Waals surface area contributed by atoms with Gasteiger partial charge in [0.15, 0.2) is 0 Å². The third-order valence-corrected chi connectivity index (χ3v) is 4.65. The van der Waals surface area contributed by atoms with Gasteiger partial charge in [0.2, 0.25) is 0 Å². The van der Waals surface area contributed by atoms with Crippen molar-refractivity contribution in [2.75, 3.05) is 26.2 Å². The summed E-state index contributed by atoms with van der Waals surface area (Å²) in [4.78, 5) is 38.1. The Hall–Kier alpha value is -4.13. The molecule has 0 aromatic heterocycles. The summed E-state index contributed by atoms with van der Waals surface area (Å²) in [5, 5.41) is 0. The van der Waals surface area contributed by atoms with Gasteiger partial charge in [-0.2, -0.15) is 0 Å². The number of ether oxygens (including phenoxy) is 3. The number of esters is 3. The predicted octanol–water partition coefficient (Wildman–Crippen LogP) is 3.63. The molecule has 7 heteroatoms. The van der Waals surface area contributed by atoms with Gasteiger partial charge in [-0.05, 0) is 47.5 Å². The highest BCUT2D eigenvalue weighted by Gasteiger charge is 2.27. The van der Waals surface area contributed by atoms with E-state index in [0.717, 1.165) is 11.1 Å². The van der Waals surface area contributed by atoms with E-state index in [-0.39, 0.29) is 11.3 Å². The molecule has 0 spiro atoms. The zero-order valence-corrected chi connectivity index (χ0v) is 17.3. The topological polar surface area (TPSA) is 82.1 Å². The van der Waals surface area contributed by atoms with E-state index in [1.807, 2.05) is 18.2 Å². The first-order chi connectivity index (χ1) is 15.0. The van der Waals surface area contributed by atoms with Crippen molar-refractivity contribution in [3.63, 3.8) is 0 Å². The second-order valence-electron chi connectivity index (χ2n) is 6.44. The maximum absolute atomic E-state index is 12.5. The van der Waals surface area contributed by atoms with E-state index in [1.54, 1.807) is 53.6 Å². The van der Waals surface area contributed by atoms with Crippen molar-refractivity contribution in [2.45, 2.75) is 0 Å². The zero-order chi connectivity index (χ0) is 22.4. The molecule has 0 bridgehead atoms. The molecule has 0 radical (unpaired) electrons. The Morgan fingerprint density at radius 2 is 1.42 bits per heavy atom. The third-order valence-electron chi connectivity index (χ3n) is 4.65. The average molecular weight is 419 g/mol. The standard InChI is InChI=1S/C24H21NO6/c1-29-22(26)18-8-6-7-17(15-18)16-10-12-19(13-11-16)25-14-5-4-9-20(23(27)30-2)21(25)24(28)31-3/h4-15H,1-3H3. The van der Waals surface area contributed by atoms with Crippen LogP contribution in [0.5, 0.6) is 0 Å². The first-order valence-electron chi connectivity index (χ1n) is 9.34. The summed E-state index contributed by atoms with van der Waals surface area (Å²) >= 11 is 0. The number of carbonyl (C=O) groups excluding carboxylic acids is 3. The predicted molar refractivity (Wildman–Crippen MR) is 115 cm³/mol. The summed E-state index contributed by atoms with van der Waals surface area (Å²) < 4.78 is 14.5. The Labute approximate surface area is 179 Å². The molecular weight excluding hydrogens is 398 g/mol. The van der Waals surface area contributed by atoms with Gasteiger partial charge < -0.3 is 19.1 Å². The van der Waals surface area contributed by atoms with Crippen LogP contribution in [0.2, 0.25) is 0 Å². The van der Waals surface area contributed by atoms with Crippen LogP contribution in [0, 0.1) is 0 Å². The Bertz CT molecular complexity index is 1100. The first-order valence-corrected chi connectivity index (χ1v) is 9.34. The highest BCUT2D eigenvalue weighted by molar-refractivity contribution is 6.05. The van der Waals surface area contributed by atoms with Crippen LogP contribution >= 0.6 is 0 Å². The van der Waals surface area contributed by atoms with Gasteiger partial charge in [-0.15, -0.1) is 0 Å². The number of hydrogen-bond acceptors (Lipinski definition) is 7. The van der Waals surface area contributed by atoms with Crippen LogP contribution in [0.25, 0.3) is 11.1 Å². The van der Waals surface area contributed by atoms with Crippen molar-refractivity contribution in [2.24, 2.45) is 0 Å². The molecule has 0 atom stereocenters. The Kier molecular flexibility index (Phi) is 6.67. The number of anilines is 1. The number of carbonyl (C=O) groups is 3. The Morgan fingerprint density at radius 1 is 0.742 bits per heavy atom. The van der Waals surface area contributed by atoms with E-state index >= 15 is 0 Å². The number of allylic oxidation sites excluding steroid dienone is 2. The van der Waals surface area contributed by atoms with Gasteiger partial charge in [0, 0.05) is 11.9 Å². The second kappa shape index (κ2) is 9.58. The summed E-state index contributed by atoms with van der Waals surface area (Å²) in [5.74, 6) is -1.74. The highest BCUT2D eigenvalue weighted by atomic mass is 16.5. The lowest BCUT2D eigenvalue weighted by Crippen LogP contribution is -2.26. The summed E-state index contributed by atoms with van der Waals surface area (Å²) in [7, 11) is 3.83. The lowest BCUT2D eigenvalue weighted by Gasteiger charge is -2.23. The number of benzene rings is 2. The Morgan fingerprint density at radius 3 is 2.06 bits per heavy atom. The molecular formula is C24H21NO6. The fourth-order valence-electron chi connectivity index (χ4n) is 3.12. The molecule has 0 saturated carbocycles. The molecule has 7 nitrogen and oxygen atoms in total. The largest absolute Gasteiger partial charge is 0.465 e. The minimum Gasteiger partial charge on any atom is -0.465 e. The van der Waals surface area contributed by atoms with Crippen LogP contribution in [-0.4, -0.2) is 39.2 Å². The summed E-state index contributed by atoms with van der Waals surface area (Å²) in [6, 6.07) is 14.4. The van der Waals surface area contributed by atoms with E-state index in [4.69, 9.17) is 14.2 Å². The molecule has 1 aliphatic heterocycles. The molecule has 0 saturated heterocycles. The molecule has 0 amide bonds. The molecule has 1 heterocycles. The highest BCUT2D eigenvalue weighted by Crippen LogP contribution is 2.29. The second-order valence-corrected chi connectivity index (χ2v) is 6.44. The molecule has 2 aromatic rings. The maximum atomic E-state index is 12.5. The van der Waals surface area contributed by atoms with Crippen LogP contribution in [0.4, 0.5) is 5.69 Å². The average Bonchev–Trinajstić information content (AvgIpc) is 3.05. The number of nitrogens with zero attached hydrogens (tertiary/aromatic N) is 1. The van der Waals surface area contributed by atoms with Crippen molar-refractivity contribution < 1.29 is 28.6 Å². The molecule has 0 aliphatic carbocycles. The summed E-state index contributed by atoms with van der Waals surface area (Å²) in [6.45, 7) is 0. The van der Waals surface area contributed by atoms with E-state index in [1.165, 1.54) is 27.4 Å². The molecule has 1 aliphatic rings. The van der Waals surface area contributed by atoms with Gasteiger partial charge in [-0.25, -0.2) is 14.4 Å². The quantitative estimate of drug-likeness (QED) is 0.541. The van der Waals surface area contributed by atoms with Crippen molar-refractivity contribution >= 4 is 23.6 Å². The number of methoxy groups -OCH3 is 3. The minimum atomic E-state index is -0.675. The maximum Gasteiger partial charge on any atom is 0.355 e. The van der Waals surface area contributed by atoms with E-state index < -0.39 is 17.9 Å². The lowest BCUT2D eigenvalue weighted by atomic mass is 10.0. The molecule has 31 heavy (non-hydrogen) atoms. The summed E-state index contributed by atoms with van der Waals surface area (Å²) in [5.41, 5.74) is 2.90. The van der Waals surface area contributed by atoms with Gasteiger partial charge in [-0.1, -0.05) is 30.3 Å². The van der Waals surface area contributed by atoms with Crippen LogP contribution in [-0.2, 0) is 23.8 Å². The Balaban J connectivity index is 2.01. The van der Waals surface area contributed by atoms with E-state index in [2.05, 4.69) is 0 Å². The fourth-order valence-corrected chi connectivity index (χ4v) is 3.12. The van der Waals surface area contributed by atoms with Gasteiger partial charge in [0.1, 0.15) is 5.70 Å². The zero-order valence-electron chi connectivity index (χ0n) is 17.3. The molecule has 2 aromatic carbocycles. The van der Waals surface area contributed by atoms with Gasteiger partial charge >= 0.3 is 17.9 Å². The van der Waals surface area contributed by atoms with Crippen LogP contribution in [0.3, 0.4) is 0 Å². The van der Waals surface area contributed by atoms with Gasteiger partial charge in [0.25, 0.3) is 0 Å². The number of hydrogen-bond donors (Lipinski definition) is 0. The van der Waals surface area contributed by atoms with E-state index in [0.29, 0.717) is 11.3 Å². The molecule has 158 valence electrons. The smallest absolute Gasteiger partial charge is 0.355 e. The van der Waals surface area contributed by atoms with Crippen molar-refractivity contribution in [3.05, 3.63) is 89.8 Å². The first kappa shape index (κ1) is 21.6. The fraction of sp³-hybridized carbons (Fsp3) is 0.125. The van der Waals surface area contributed by atoms with E-state index in [9.17, 15) is 14.4 Å². The monoisotopic (exact) mass is 419 g/mol. The molecule has 0 N–H and O–H groups in total. The SMILES string of the molecule is COC(=O)C1=C(C(=O)OC)N(c2ccc(-c3cccc(C(=O)OC)c3)cc2)C=CC=C1. The van der Waals surface area contributed by atoms with Crippen molar-refractivity contribution in [1.29, 1.82) is 0 Å².